The maximum atomic E-state index is 11.9. The molecular weight excluding hydrogens is 270 g/mol. The molecule has 0 radical (unpaired) electrons. The number of hydrogen-bond acceptors (Lipinski definition) is 6. The van der Waals surface area contributed by atoms with Crippen molar-refractivity contribution in [3.05, 3.63) is 35.0 Å². The van der Waals surface area contributed by atoms with E-state index in [0.29, 0.717) is 11.6 Å². The van der Waals surface area contributed by atoms with Crippen LogP contribution >= 0.6 is 11.6 Å². The van der Waals surface area contributed by atoms with Crippen molar-refractivity contribution in [3.8, 4) is 5.88 Å². The van der Waals surface area contributed by atoms with Crippen molar-refractivity contribution in [1.29, 1.82) is 0 Å². The number of methoxy groups -OCH3 is 1. The fourth-order valence-electron chi connectivity index (χ4n) is 1.30. The Kier molecular flexibility index (Phi) is 3.86. The van der Waals surface area contributed by atoms with E-state index < -0.39 is 5.91 Å². The monoisotopic (exact) mass is 279 g/mol. The lowest BCUT2D eigenvalue weighted by molar-refractivity contribution is 0.102. The van der Waals surface area contributed by atoms with Gasteiger partial charge in [0.25, 0.3) is 5.91 Å². The van der Waals surface area contributed by atoms with Crippen molar-refractivity contribution in [2.75, 3.05) is 12.4 Å². The summed E-state index contributed by atoms with van der Waals surface area (Å²) in [4.78, 5) is 27.5. The van der Waals surface area contributed by atoms with Gasteiger partial charge in [-0.2, -0.15) is 4.98 Å². The van der Waals surface area contributed by atoms with Crippen LogP contribution in [0.4, 0.5) is 5.95 Å². The number of amides is 1. The molecule has 98 valence electrons. The molecule has 0 aliphatic heterocycles. The van der Waals surface area contributed by atoms with Crippen LogP contribution in [0.5, 0.6) is 5.88 Å². The molecule has 0 spiro atoms. The van der Waals surface area contributed by atoms with Gasteiger partial charge in [0, 0.05) is 11.8 Å². The van der Waals surface area contributed by atoms with Crippen LogP contribution in [0.1, 0.15) is 16.2 Å². The third-order valence-electron chi connectivity index (χ3n) is 2.12. The summed E-state index contributed by atoms with van der Waals surface area (Å²) in [5.41, 5.74) is 0.790. The predicted molar refractivity (Wildman–Crippen MR) is 68.3 cm³/mol. The largest absolute Gasteiger partial charge is 0.481 e. The molecule has 2 aromatic rings. The molecule has 2 aromatic heterocycles. The molecule has 1 N–H and O–H groups in total. The molecule has 0 atom stereocenters. The molecule has 0 fully saturated rings. The molecule has 2 heterocycles. The zero-order valence-corrected chi connectivity index (χ0v) is 11.0. The minimum Gasteiger partial charge on any atom is -0.481 e. The fourth-order valence-corrected chi connectivity index (χ4v) is 1.39. The first-order chi connectivity index (χ1) is 9.08. The number of hydrogen-bond donors (Lipinski definition) is 1. The number of nitrogens with zero attached hydrogens (tertiary/aromatic N) is 4. The summed E-state index contributed by atoms with van der Waals surface area (Å²) in [6.45, 7) is 1.77. The summed E-state index contributed by atoms with van der Waals surface area (Å²) >= 11 is 5.59. The summed E-state index contributed by atoms with van der Waals surface area (Å²) in [5, 5.41) is 2.72. The summed E-state index contributed by atoms with van der Waals surface area (Å²) < 4.78 is 4.99. The number of halogens is 1. The predicted octanol–water partition coefficient (Wildman–Crippen LogP) is 1.49. The Morgan fingerprint density at radius 1 is 1.32 bits per heavy atom. The molecule has 0 aliphatic rings. The number of carbonyl (C=O) groups excluding carboxylic acids is 1. The van der Waals surface area contributed by atoms with Gasteiger partial charge in [0.05, 0.1) is 19.5 Å². The summed E-state index contributed by atoms with van der Waals surface area (Å²) in [7, 11) is 1.48. The molecule has 0 bridgehead atoms. The average molecular weight is 280 g/mol. The van der Waals surface area contributed by atoms with Crippen LogP contribution in [0.2, 0.25) is 5.15 Å². The van der Waals surface area contributed by atoms with Crippen molar-refractivity contribution < 1.29 is 9.53 Å². The lowest BCUT2D eigenvalue weighted by atomic mass is 10.4. The van der Waals surface area contributed by atoms with Gasteiger partial charge in [-0.05, 0) is 6.92 Å². The van der Waals surface area contributed by atoms with Crippen LogP contribution in [0.3, 0.4) is 0 Å². The third kappa shape index (κ3) is 3.35. The van der Waals surface area contributed by atoms with Gasteiger partial charge in [-0.25, -0.2) is 15.0 Å². The van der Waals surface area contributed by atoms with E-state index >= 15 is 0 Å². The number of aromatic nitrogens is 4. The molecule has 0 aromatic carbocycles. The quantitative estimate of drug-likeness (QED) is 0.915. The van der Waals surface area contributed by atoms with Crippen molar-refractivity contribution in [3.63, 3.8) is 0 Å². The lowest BCUT2D eigenvalue weighted by Gasteiger charge is -2.05. The smallest absolute Gasteiger partial charge is 0.278 e. The molecule has 0 unspecified atom stereocenters. The van der Waals surface area contributed by atoms with Crippen molar-refractivity contribution in [2.24, 2.45) is 0 Å². The molecule has 7 nitrogen and oxygen atoms in total. The van der Waals surface area contributed by atoms with E-state index in [1.54, 1.807) is 13.0 Å². The first-order valence-electron chi connectivity index (χ1n) is 5.27. The zero-order valence-electron chi connectivity index (χ0n) is 10.2. The zero-order chi connectivity index (χ0) is 13.8. The van der Waals surface area contributed by atoms with E-state index in [0.717, 1.165) is 0 Å². The van der Waals surface area contributed by atoms with E-state index in [9.17, 15) is 4.79 Å². The molecule has 8 heteroatoms. The van der Waals surface area contributed by atoms with E-state index in [4.69, 9.17) is 16.3 Å². The van der Waals surface area contributed by atoms with Crippen LogP contribution in [0, 0.1) is 6.92 Å². The van der Waals surface area contributed by atoms with Crippen molar-refractivity contribution in [1.82, 2.24) is 19.9 Å². The van der Waals surface area contributed by atoms with Gasteiger partial charge in [0.2, 0.25) is 11.8 Å². The Bertz CT molecular complexity index is 603. The van der Waals surface area contributed by atoms with Crippen LogP contribution in [-0.4, -0.2) is 33.0 Å². The van der Waals surface area contributed by atoms with E-state index in [2.05, 4.69) is 25.3 Å². The Morgan fingerprint density at radius 3 is 2.74 bits per heavy atom. The van der Waals surface area contributed by atoms with Gasteiger partial charge < -0.3 is 4.74 Å². The topological polar surface area (TPSA) is 89.9 Å². The summed E-state index contributed by atoms with van der Waals surface area (Å²) in [6.07, 6.45) is 2.55. The number of ether oxygens (including phenoxy) is 1. The van der Waals surface area contributed by atoms with Crippen LogP contribution in [0.25, 0.3) is 0 Å². The summed E-state index contributed by atoms with van der Waals surface area (Å²) in [5.74, 6) is 0.0282. The van der Waals surface area contributed by atoms with Gasteiger partial charge in [-0.15, -0.1) is 0 Å². The number of rotatable bonds is 3. The first-order valence-corrected chi connectivity index (χ1v) is 5.65. The molecule has 0 aliphatic carbocycles. The SMILES string of the molecule is COc1cc(C)nc(NC(=O)c2cnc(Cl)cn2)n1. The second-order valence-corrected chi connectivity index (χ2v) is 3.94. The van der Waals surface area contributed by atoms with Crippen LogP contribution < -0.4 is 10.1 Å². The Labute approximate surface area is 114 Å². The number of anilines is 1. The second kappa shape index (κ2) is 5.57. The van der Waals surface area contributed by atoms with Crippen molar-refractivity contribution in [2.45, 2.75) is 6.92 Å². The van der Waals surface area contributed by atoms with Crippen LogP contribution in [-0.2, 0) is 0 Å². The van der Waals surface area contributed by atoms with Gasteiger partial charge in [-0.3, -0.25) is 10.1 Å². The highest BCUT2D eigenvalue weighted by atomic mass is 35.5. The van der Waals surface area contributed by atoms with Crippen molar-refractivity contribution >= 4 is 23.5 Å². The Morgan fingerprint density at radius 2 is 2.11 bits per heavy atom. The van der Waals surface area contributed by atoms with E-state index in [1.807, 2.05) is 0 Å². The lowest BCUT2D eigenvalue weighted by Crippen LogP contribution is -2.16. The second-order valence-electron chi connectivity index (χ2n) is 3.55. The Hall–Kier alpha value is -2.28. The molecule has 0 saturated heterocycles. The van der Waals surface area contributed by atoms with E-state index in [-0.39, 0.29) is 16.8 Å². The maximum absolute atomic E-state index is 11.9. The average Bonchev–Trinajstić information content (AvgIpc) is 2.38. The first kappa shape index (κ1) is 13.2. The number of nitrogens with one attached hydrogen (secondary N) is 1. The highest BCUT2D eigenvalue weighted by Crippen LogP contribution is 2.12. The molecule has 19 heavy (non-hydrogen) atoms. The standard InChI is InChI=1S/C11H10ClN5O2/c1-6-3-9(19-2)16-11(15-6)17-10(18)7-4-14-8(12)5-13-7/h3-5H,1-2H3,(H,15,16,17,18). The van der Waals surface area contributed by atoms with Crippen LogP contribution in [0.15, 0.2) is 18.5 Å². The Balaban J connectivity index is 2.18. The maximum Gasteiger partial charge on any atom is 0.278 e. The van der Waals surface area contributed by atoms with Gasteiger partial charge >= 0.3 is 0 Å². The normalized spacial score (nSPS) is 10.1. The van der Waals surface area contributed by atoms with Gasteiger partial charge in [-0.1, -0.05) is 11.6 Å². The molecule has 2 rings (SSSR count). The van der Waals surface area contributed by atoms with Gasteiger partial charge in [0.1, 0.15) is 10.8 Å². The fraction of sp³-hybridized carbons (Fsp3) is 0.182. The van der Waals surface area contributed by atoms with Gasteiger partial charge in [0.15, 0.2) is 0 Å². The summed E-state index contributed by atoms with van der Waals surface area (Å²) in [6, 6.07) is 1.65. The number of carbonyl (C=O) groups is 1. The highest BCUT2D eigenvalue weighted by molar-refractivity contribution is 6.29. The number of aryl methyl sites for hydroxylation is 1. The van der Waals surface area contributed by atoms with E-state index in [1.165, 1.54) is 19.5 Å². The minimum atomic E-state index is -0.475. The molecular formula is C11H10ClN5O2. The third-order valence-corrected chi connectivity index (χ3v) is 2.31. The highest BCUT2D eigenvalue weighted by Gasteiger charge is 2.11. The minimum absolute atomic E-state index is 0.119. The molecule has 1 amide bonds. The molecule has 0 saturated carbocycles.